The molecule has 156 valence electrons. The molecule has 0 radical (unpaired) electrons. The van der Waals surface area contributed by atoms with Crippen LogP contribution in [0.25, 0.3) is 0 Å². The lowest BCUT2D eigenvalue weighted by Crippen LogP contribution is -2.54. The van der Waals surface area contributed by atoms with Gasteiger partial charge >= 0.3 is 0 Å². The van der Waals surface area contributed by atoms with Gasteiger partial charge in [0.1, 0.15) is 0 Å². The van der Waals surface area contributed by atoms with Crippen molar-refractivity contribution in [2.24, 2.45) is 0 Å². The minimum atomic E-state index is -3.61. The molecule has 1 unspecified atom stereocenters. The topological polar surface area (TPSA) is 69.7 Å². The van der Waals surface area contributed by atoms with Crippen LogP contribution in [-0.4, -0.2) is 68.2 Å². The van der Waals surface area contributed by atoms with Gasteiger partial charge in [0.25, 0.3) is 5.92 Å². The summed E-state index contributed by atoms with van der Waals surface area (Å²) in [6.07, 6.45) is 2.44. The van der Waals surface area contributed by atoms with Gasteiger partial charge in [0, 0.05) is 32.6 Å². The Kier molecular flexibility index (Phi) is 6.01. The average molecular weight is 436 g/mol. The minimum absolute atomic E-state index is 0. The van der Waals surface area contributed by atoms with Crippen LogP contribution in [0, 0.1) is 0 Å². The number of nitrogens with one attached hydrogen (secondary N) is 1. The summed E-state index contributed by atoms with van der Waals surface area (Å²) >= 11 is 0. The van der Waals surface area contributed by atoms with Gasteiger partial charge in [-0.2, -0.15) is 4.31 Å². The molecule has 4 rings (SSSR count). The first-order valence-corrected chi connectivity index (χ1v) is 10.7. The normalized spacial score (nSPS) is 24.6. The van der Waals surface area contributed by atoms with E-state index in [1.807, 2.05) is 6.07 Å². The fraction of sp³-hybridized carbons (Fsp3) is 0.611. The van der Waals surface area contributed by atoms with Gasteiger partial charge in [0.15, 0.2) is 0 Å². The Morgan fingerprint density at radius 1 is 1.11 bits per heavy atom. The van der Waals surface area contributed by atoms with Crippen molar-refractivity contribution in [1.29, 1.82) is 0 Å². The molecule has 1 N–H and O–H groups in total. The van der Waals surface area contributed by atoms with E-state index in [0.717, 1.165) is 24.8 Å². The number of hydrogen-bond acceptors (Lipinski definition) is 4. The van der Waals surface area contributed by atoms with E-state index < -0.39 is 35.0 Å². The zero-order chi connectivity index (χ0) is 19.2. The lowest BCUT2D eigenvalue weighted by Gasteiger charge is -2.35. The third-order valence-electron chi connectivity index (χ3n) is 5.67. The number of nitrogens with zero attached hydrogens (tertiary/aromatic N) is 2. The molecule has 10 heteroatoms. The van der Waals surface area contributed by atoms with Crippen molar-refractivity contribution in [2.45, 2.75) is 42.5 Å². The van der Waals surface area contributed by atoms with Crippen LogP contribution < -0.4 is 5.32 Å². The molecule has 0 aromatic heterocycles. The standard InChI is InChI=1S/C18H23F2N3O3S.ClH/c19-18(20)11-16(21-12-18)17(24)22-6-8-23(9-7-22)27(25,26)15-5-4-13-2-1-3-14(13)10-15;/h4-5,10,16,21H,1-3,6-9,11-12H2;1H. The van der Waals surface area contributed by atoms with Crippen LogP contribution in [0.4, 0.5) is 8.78 Å². The number of carbonyl (C=O) groups excluding carboxylic acids is 1. The Morgan fingerprint density at radius 2 is 1.79 bits per heavy atom. The number of amides is 1. The Labute approximate surface area is 169 Å². The van der Waals surface area contributed by atoms with Gasteiger partial charge in [0.2, 0.25) is 15.9 Å². The second kappa shape index (κ2) is 7.85. The van der Waals surface area contributed by atoms with Crippen molar-refractivity contribution >= 4 is 28.3 Å². The molecule has 2 fully saturated rings. The minimum Gasteiger partial charge on any atom is -0.339 e. The van der Waals surface area contributed by atoms with E-state index in [2.05, 4.69) is 5.32 Å². The number of alkyl halides is 2. The molecule has 1 amide bonds. The Hall–Kier alpha value is -1.29. The van der Waals surface area contributed by atoms with E-state index in [1.165, 1.54) is 14.8 Å². The maximum atomic E-state index is 13.3. The number of fused-ring (bicyclic) bond motifs is 1. The fourth-order valence-corrected chi connectivity index (χ4v) is 5.59. The lowest BCUT2D eigenvalue weighted by molar-refractivity contribution is -0.134. The van der Waals surface area contributed by atoms with Gasteiger partial charge in [0.05, 0.1) is 17.5 Å². The third-order valence-corrected chi connectivity index (χ3v) is 7.56. The summed E-state index contributed by atoms with van der Waals surface area (Å²) in [6, 6.07) is 4.42. The molecule has 2 heterocycles. The molecule has 0 spiro atoms. The van der Waals surface area contributed by atoms with Crippen LogP contribution in [0.3, 0.4) is 0 Å². The highest BCUT2D eigenvalue weighted by Gasteiger charge is 2.44. The maximum absolute atomic E-state index is 13.3. The van der Waals surface area contributed by atoms with Gasteiger partial charge in [-0.25, -0.2) is 17.2 Å². The van der Waals surface area contributed by atoms with Crippen LogP contribution >= 0.6 is 12.4 Å². The van der Waals surface area contributed by atoms with Gasteiger partial charge in [-0.1, -0.05) is 6.07 Å². The highest BCUT2D eigenvalue weighted by atomic mass is 35.5. The zero-order valence-electron chi connectivity index (χ0n) is 15.4. The molecule has 0 saturated carbocycles. The molecule has 2 aliphatic heterocycles. The molecule has 1 atom stereocenters. The molecular weight excluding hydrogens is 412 g/mol. The highest BCUT2D eigenvalue weighted by molar-refractivity contribution is 7.89. The van der Waals surface area contributed by atoms with Crippen molar-refractivity contribution in [1.82, 2.24) is 14.5 Å². The van der Waals surface area contributed by atoms with Crippen molar-refractivity contribution < 1.29 is 22.0 Å². The predicted octanol–water partition coefficient (Wildman–Crippen LogP) is 1.43. The van der Waals surface area contributed by atoms with Crippen molar-refractivity contribution in [2.75, 3.05) is 32.7 Å². The van der Waals surface area contributed by atoms with Crippen LogP contribution in [0.5, 0.6) is 0 Å². The summed E-state index contributed by atoms with van der Waals surface area (Å²) < 4.78 is 53.8. The van der Waals surface area contributed by atoms with E-state index >= 15 is 0 Å². The lowest BCUT2D eigenvalue weighted by atomic mass is 10.1. The number of rotatable bonds is 3. The summed E-state index contributed by atoms with van der Waals surface area (Å²) in [4.78, 5) is 14.2. The van der Waals surface area contributed by atoms with E-state index in [4.69, 9.17) is 0 Å². The van der Waals surface area contributed by atoms with Crippen LogP contribution in [-0.2, 0) is 27.7 Å². The molecule has 28 heavy (non-hydrogen) atoms. The average Bonchev–Trinajstić information content (AvgIpc) is 3.26. The SMILES string of the molecule is Cl.O=C(C1CC(F)(F)CN1)N1CCN(S(=O)(=O)c2ccc3c(c2)CCC3)CC1. The first-order valence-electron chi connectivity index (χ1n) is 9.28. The Balaban J connectivity index is 0.00000225. The largest absolute Gasteiger partial charge is 0.339 e. The molecule has 1 aromatic carbocycles. The van der Waals surface area contributed by atoms with Gasteiger partial charge in [-0.3, -0.25) is 10.1 Å². The van der Waals surface area contributed by atoms with E-state index in [1.54, 1.807) is 12.1 Å². The van der Waals surface area contributed by atoms with Gasteiger partial charge in [-0.05, 0) is 42.5 Å². The van der Waals surface area contributed by atoms with Crippen LogP contribution in [0.15, 0.2) is 23.1 Å². The molecule has 2 saturated heterocycles. The van der Waals surface area contributed by atoms with E-state index in [-0.39, 0.29) is 44.5 Å². The van der Waals surface area contributed by atoms with Gasteiger partial charge in [-0.15, -0.1) is 12.4 Å². The maximum Gasteiger partial charge on any atom is 0.262 e. The van der Waals surface area contributed by atoms with Crippen LogP contribution in [0.2, 0.25) is 0 Å². The number of sulfonamides is 1. The first-order chi connectivity index (χ1) is 12.8. The molecule has 3 aliphatic rings. The summed E-state index contributed by atoms with van der Waals surface area (Å²) in [7, 11) is -3.61. The monoisotopic (exact) mass is 435 g/mol. The summed E-state index contributed by atoms with van der Waals surface area (Å²) in [6.45, 7) is 0.290. The third kappa shape index (κ3) is 4.03. The number of hydrogen-bond donors (Lipinski definition) is 1. The summed E-state index contributed by atoms with van der Waals surface area (Å²) in [5, 5.41) is 2.56. The number of carbonyl (C=O) groups is 1. The number of benzene rings is 1. The fourth-order valence-electron chi connectivity index (χ4n) is 4.12. The molecular formula is C18H24ClF2N3O3S. The number of halogens is 3. The number of piperazine rings is 1. The Bertz CT molecular complexity index is 858. The number of aryl methyl sites for hydroxylation is 2. The predicted molar refractivity (Wildman–Crippen MR) is 102 cm³/mol. The van der Waals surface area contributed by atoms with E-state index in [9.17, 15) is 22.0 Å². The molecule has 6 nitrogen and oxygen atoms in total. The van der Waals surface area contributed by atoms with Crippen molar-refractivity contribution in [3.05, 3.63) is 29.3 Å². The van der Waals surface area contributed by atoms with E-state index in [0.29, 0.717) is 4.90 Å². The van der Waals surface area contributed by atoms with Crippen molar-refractivity contribution in [3.63, 3.8) is 0 Å². The summed E-state index contributed by atoms with van der Waals surface area (Å²) in [5.41, 5.74) is 2.31. The van der Waals surface area contributed by atoms with Crippen LogP contribution in [0.1, 0.15) is 24.0 Å². The quantitative estimate of drug-likeness (QED) is 0.779. The summed E-state index contributed by atoms with van der Waals surface area (Å²) in [5.74, 6) is -3.24. The molecule has 0 bridgehead atoms. The molecule has 1 aliphatic carbocycles. The molecule has 1 aromatic rings. The second-order valence-electron chi connectivity index (χ2n) is 7.51. The second-order valence-corrected chi connectivity index (χ2v) is 9.44. The Morgan fingerprint density at radius 3 is 2.43 bits per heavy atom. The highest BCUT2D eigenvalue weighted by Crippen LogP contribution is 2.28. The van der Waals surface area contributed by atoms with Gasteiger partial charge < -0.3 is 4.90 Å². The first kappa shape index (κ1) is 21.4. The van der Waals surface area contributed by atoms with Crippen molar-refractivity contribution in [3.8, 4) is 0 Å². The smallest absolute Gasteiger partial charge is 0.262 e. The zero-order valence-corrected chi connectivity index (χ0v) is 17.0.